The van der Waals surface area contributed by atoms with Crippen molar-refractivity contribution in [3.05, 3.63) is 12.7 Å². The Balaban J connectivity index is 1.28. The first-order chi connectivity index (χ1) is 13.0. The summed E-state index contributed by atoms with van der Waals surface area (Å²) in [5, 5.41) is 2.63. The fraction of sp³-hybridized carbons (Fsp3) is 0.762. The van der Waals surface area contributed by atoms with E-state index >= 15 is 0 Å². The van der Waals surface area contributed by atoms with Crippen LogP contribution in [0.4, 0.5) is 0 Å². The van der Waals surface area contributed by atoms with E-state index in [2.05, 4.69) is 11.9 Å². The summed E-state index contributed by atoms with van der Waals surface area (Å²) in [6, 6.07) is 0. The van der Waals surface area contributed by atoms with Crippen LogP contribution in [0, 0.1) is 23.2 Å². The molecule has 4 aliphatic carbocycles. The van der Waals surface area contributed by atoms with E-state index in [4.69, 9.17) is 0 Å². The first-order valence-electron chi connectivity index (χ1n) is 10.5. The standard InChI is InChI=1S/C21H31N3O3/c1-2-18(25)22-4-3-19(26)23-5-7-24(8-6-23)20(27)21-12-15-9-16(13-21)11-17(10-15)14-21/h2,15-17H,1,3-14H2,(H,22,25). The van der Waals surface area contributed by atoms with Crippen LogP contribution < -0.4 is 5.32 Å². The highest BCUT2D eigenvalue weighted by atomic mass is 16.2. The second-order valence-electron chi connectivity index (χ2n) is 9.12. The Hall–Kier alpha value is -1.85. The monoisotopic (exact) mass is 373 g/mol. The number of hydrogen-bond donors (Lipinski definition) is 1. The van der Waals surface area contributed by atoms with E-state index in [1.54, 1.807) is 0 Å². The van der Waals surface area contributed by atoms with Crippen molar-refractivity contribution < 1.29 is 14.4 Å². The maximum Gasteiger partial charge on any atom is 0.243 e. The van der Waals surface area contributed by atoms with Gasteiger partial charge in [-0.1, -0.05) is 6.58 Å². The van der Waals surface area contributed by atoms with Crippen LogP contribution >= 0.6 is 0 Å². The SMILES string of the molecule is C=CC(=O)NCCC(=O)N1CCN(C(=O)C23CC4CC(CC(C4)C2)C3)CC1. The maximum atomic E-state index is 13.4. The van der Waals surface area contributed by atoms with Crippen molar-refractivity contribution in [2.75, 3.05) is 32.7 Å². The molecule has 0 aromatic rings. The third-order valence-corrected chi connectivity index (χ3v) is 7.23. The van der Waals surface area contributed by atoms with Crippen molar-refractivity contribution in [2.45, 2.75) is 44.9 Å². The van der Waals surface area contributed by atoms with Crippen LogP contribution in [0.15, 0.2) is 12.7 Å². The van der Waals surface area contributed by atoms with Gasteiger partial charge in [0, 0.05) is 39.1 Å². The van der Waals surface area contributed by atoms with E-state index in [9.17, 15) is 14.4 Å². The van der Waals surface area contributed by atoms with Gasteiger partial charge in [-0.15, -0.1) is 0 Å². The lowest BCUT2D eigenvalue weighted by Crippen LogP contribution is -2.58. The molecule has 0 aromatic heterocycles. The van der Waals surface area contributed by atoms with Gasteiger partial charge in [-0.05, 0) is 62.4 Å². The van der Waals surface area contributed by atoms with Crippen LogP contribution in [0.25, 0.3) is 0 Å². The molecule has 5 rings (SSSR count). The predicted molar refractivity (Wildman–Crippen MR) is 102 cm³/mol. The zero-order chi connectivity index (χ0) is 19.0. The fourth-order valence-electron chi connectivity index (χ4n) is 6.39. The highest BCUT2D eigenvalue weighted by Gasteiger charge is 2.55. The van der Waals surface area contributed by atoms with Gasteiger partial charge in [0.05, 0.1) is 5.41 Å². The number of amides is 3. The molecule has 27 heavy (non-hydrogen) atoms. The van der Waals surface area contributed by atoms with Crippen molar-refractivity contribution in [2.24, 2.45) is 23.2 Å². The minimum Gasteiger partial charge on any atom is -0.352 e. The molecule has 3 amide bonds. The van der Waals surface area contributed by atoms with Crippen molar-refractivity contribution in [3.8, 4) is 0 Å². The van der Waals surface area contributed by atoms with Gasteiger partial charge in [0.25, 0.3) is 0 Å². The molecule has 1 N–H and O–H groups in total. The lowest BCUT2D eigenvalue weighted by molar-refractivity contribution is -0.160. The summed E-state index contributed by atoms with van der Waals surface area (Å²) >= 11 is 0. The summed E-state index contributed by atoms with van der Waals surface area (Å²) < 4.78 is 0. The lowest BCUT2D eigenvalue weighted by Gasteiger charge is -2.57. The molecule has 148 valence electrons. The molecular formula is C21H31N3O3. The zero-order valence-electron chi connectivity index (χ0n) is 16.1. The Morgan fingerprint density at radius 2 is 1.44 bits per heavy atom. The third-order valence-electron chi connectivity index (χ3n) is 7.23. The van der Waals surface area contributed by atoms with E-state index in [-0.39, 0.29) is 17.2 Å². The molecule has 6 nitrogen and oxygen atoms in total. The highest BCUT2D eigenvalue weighted by molar-refractivity contribution is 5.87. The van der Waals surface area contributed by atoms with Crippen LogP contribution in [-0.2, 0) is 14.4 Å². The number of nitrogens with zero attached hydrogens (tertiary/aromatic N) is 2. The zero-order valence-corrected chi connectivity index (χ0v) is 16.1. The van der Waals surface area contributed by atoms with Crippen LogP contribution in [0.3, 0.4) is 0 Å². The average molecular weight is 373 g/mol. The van der Waals surface area contributed by atoms with E-state index in [0.29, 0.717) is 45.1 Å². The van der Waals surface area contributed by atoms with Crippen molar-refractivity contribution >= 4 is 17.7 Å². The number of carbonyl (C=O) groups is 3. The third kappa shape index (κ3) is 3.63. The van der Waals surface area contributed by atoms with Gasteiger partial charge in [0.15, 0.2) is 0 Å². The van der Waals surface area contributed by atoms with Crippen molar-refractivity contribution in [3.63, 3.8) is 0 Å². The molecule has 1 heterocycles. The molecule has 6 heteroatoms. The molecule has 5 fully saturated rings. The predicted octanol–water partition coefficient (Wildman–Crippen LogP) is 1.57. The fourth-order valence-corrected chi connectivity index (χ4v) is 6.39. The van der Waals surface area contributed by atoms with Gasteiger partial charge in [-0.3, -0.25) is 14.4 Å². The maximum absolute atomic E-state index is 13.4. The first kappa shape index (κ1) is 18.5. The summed E-state index contributed by atoms with van der Waals surface area (Å²) in [6.45, 7) is 6.22. The first-order valence-corrected chi connectivity index (χ1v) is 10.5. The van der Waals surface area contributed by atoms with E-state index in [0.717, 1.165) is 37.0 Å². The highest BCUT2D eigenvalue weighted by Crippen LogP contribution is 2.60. The summed E-state index contributed by atoms with van der Waals surface area (Å²) in [5.41, 5.74) is -0.0874. The molecule has 1 aliphatic heterocycles. The average Bonchev–Trinajstić information content (AvgIpc) is 2.66. The molecule has 0 aromatic carbocycles. The lowest BCUT2D eigenvalue weighted by atomic mass is 9.49. The summed E-state index contributed by atoms with van der Waals surface area (Å²) in [5.74, 6) is 2.47. The van der Waals surface area contributed by atoms with Crippen molar-refractivity contribution in [1.29, 1.82) is 0 Å². The Morgan fingerprint density at radius 1 is 0.926 bits per heavy atom. The van der Waals surface area contributed by atoms with Crippen LogP contribution in [-0.4, -0.2) is 60.2 Å². The smallest absolute Gasteiger partial charge is 0.243 e. The second-order valence-corrected chi connectivity index (χ2v) is 9.12. The van der Waals surface area contributed by atoms with Crippen LogP contribution in [0.2, 0.25) is 0 Å². The summed E-state index contributed by atoms with van der Waals surface area (Å²) in [7, 11) is 0. The van der Waals surface area contributed by atoms with Gasteiger partial charge >= 0.3 is 0 Å². The molecular weight excluding hydrogens is 342 g/mol. The second kappa shape index (κ2) is 7.28. The Labute approximate surface area is 161 Å². The molecule has 0 atom stereocenters. The summed E-state index contributed by atoms with van der Waals surface area (Å²) in [6.07, 6.45) is 8.83. The van der Waals surface area contributed by atoms with Gasteiger partial charge in [0.1, 0.15) is 0 Å². The number of carbonyl (C=O) groups excluding carboxylic acids is 3. The van der Waals surface area contributed by atoms with Gasteiger partial charge < -0.3 is 15.1 Å². The number of piperazine rings is 1. The molecule has 0 spiro atoms. The molecule has 0 unspecified atom stereocenters. The van der Waals surface area contributed by atoms with E-state index in [1.807, 2.05) is 9.80 Å². The number of nitrogens with one attached hydrogen (secondary N) is 1. The van der Waals surface area contributed by atoms with Crippen LogP contribution in [0.1, 0.15) is 44.9 Å². The Morgan fingerprint density at radius 3 is 1.96 bits per heavy atom. The van der Waals surface area contributed by atoms with Crippen LogP contribution in [0.5, 0.6) is 0 Å². The molecule has 4 saturated carbocycles. The van der Waals surface area contributed by atoms with Gasteiger partial charge in [-0.25, -0.2) is 0 Å². The van der Waals surface area contributed by atoms with Gasteiger partial charge in [-0.2, -0.15) is 0 Å². The Kier molecular flexibility index (Phi) is 4.99. The largest absolute Gasteiger partial charge is 0.352 e. The Bertz CT molecular complexity index is 601. The molecule has 4 bridgehead atoms. The minimum absolute atomic E-state index is 0.0428. The van der Waals surface area contributed by atoms with E-state index in [1.165, 1.54) is 25.3 Å². The number of rotatable bonds is 5. The number of hydrogen-bond acceptors (Lipinski definition) is 3. The molecule has 0 radical (unpaired) electrons. The molecule has 5 aliphatic rings. The minimum atomic E-state index is -0.256. The molecule has 1 saturated heterocycles. The van der Waals surface area contributed by atoms with E-state index < -0.39 is 0 Å². The van der Waals surface area contributed by atoms with Crippen molar-refractivity contribution in [1.82, 2.24) is 15.1 Å². The topological polar surface area (TPSA) is 69.7 Å². The summed E-state index contributed by atoms with van der Waals surface area (Å²) in [4.78, 5) is 40.7. The quantitative estimate of drug-likeness (QED) is 0.744. The normalized spacial score (nSPS) is 34.4. The van der Waals surface area contributed by atoms with Gasteiger partial charge in [0.2, 0.25) is 17.7 Å².